The standard InChI is InChI=1S/3C21H18BN2O.C19H14BN2O/c1-13(2)14-8-9-19-18(11-14)24-17-7-3-5-15-12-23-10-4-6-16(22(24)25-19)21(23)20(15)17;1-13(2)15-10-16-21-20-14(11-23(21)12-15)6-5-8-18(20)24-17-7-3-4-9-19(17)25-22(16)24;1-13(2)14-10-15-12-23-9-5-6-16-21(23)20(15)18(11-14)24-17-7-3-4-8-19(17)25-22(16)24;1-12-9-14-19-18-13(11-21(19)10-12)5-4-7-16(18)22-15-6-2-3-8-17(15)23-20(14)22/h3-11,13H,12H2,1-2H3;3-10,12-13H,11H2,1-2H3;3-11,13H,12H2,1-2H3;2-10H,11H2,1H3/q4*+1. The van der Waals surface area contributed by atoms with Crippen LogP contribution < -0.4 is 78.0 Å². The summed E-state index contributed by atoms with van der Waals surface area (Å²) in [5.41, 5.74) is 36.8. The number of nitrogens with zero attached hydrogens (tertiary/aromatic N) is 8. The van der Waals surface area contributed by atoms with Crippen LogP contribution in [0, 0.1) is 6.92 Å². The highest BCUT2D eigenvalue weighted by atomic mass is 16.5. The molecule has 0 N–H and O–H groups in total. The Morgan fingerprint density at radius 2 is 0.694 bits per heavy atom. The minimum atomic E-state index is -0.0711. The van der Waals surface area contributed by atoms with E-state index in [1.165, 1.54) is 151 Å². The first-order chi connectivity index (χ1) is 48.0. The second-order valence-corrected chi connectivity index (χ2v) is 29.0. The zero-order valence-electron chi connectivity index (χ0n) is 55.9. The fraction of sp³-hybridized carbons (Fsp3) is 0.171. The van der Waals surface area contributed by atoms with Gasteiger partial charge in [-0.3, -0.25) is 0 Å². The summed E-state index contributed by atoms with van der Waals surface area (Å²) in [4.78, 5) is 9.50. The zero-order valence-corrected chi connectivity index (χ0v) is 55.9. The molecule has 12 aliphatic rings. The van der Waals surface area contributed by atoms with E-state index in [0.29, 0.717) is 17.8 Å². The molecule has 468 valence electrons. The molecular formula is C82H68B4N8O4+4. The molecule has 24 rings (SSSR count). The molecule has 12 aromatic rings. The van der Waals surface area contributed by atoms with E-state index in [2.05, 4.69) is 287 Å². The number of hydrogen-bond donors (Lipinski definition) is 0. The molecular weight excluding hydrogens is 1200 g/mol. The van der Waals surface area contributed by atoms with Crippen LogP contribution in [0.1, 0.15) is 104 Å². The smallest absolute Gasteiger partial charge is 0.531 e. The van der Waals surface area contributed by atoms with Crippen molar-refractivity contribution in [1.29, 1.82) is 0 Å². The number of para-hydroxylation sites is 6. The van der Waals surface area contributed by atoms with E-state index >= 15 is 0 Å². The van der Waals surface area contributed by atoms with Gasteiger partial charge in [-0.25, -0.2) is 0 Å². The average molecular weight is 1270 g/mol. The van der Waals surface area contributed by atoms with Crippen LogP contribution in [-0.4, -0.2) is 28.2 Å². The molecule has 8 aromatic carbocycles. The summed E-state index contributed by atoms with van der Waals surface area (Å²) in [5, 5.41) is 0. The Morgan fingerprint density at radius 3 is 1.20 bits per heavy atom. The predicted molar refractivity (Wildman–Crippen MR) is 390 cm³/mol. The van der Waals surface area contributed by atoms with Crippen LogP contribution >= 0.6 is 0 Å². The third kappa shape index (κ3) is 7.82. The van der Waals surface area contributed by atoms with Crippen molar-refractivity contribution in [2.75, 3.05) is 19.2 Å². The number of fused-ring (bicyclic) bond motifs is 20. The quantitative estimate of drug-likeness (QED) is 0.128. The van der Waals surface area contributed by atoms with Gasteiger partial charge in [0.1, 0.15) is 23.0 Å². The van der Waals surface area contributed by atoms with Gasteiger partial charge < -0.3 is 37.9 Å². The van der Waals surface area contributed by atoms with E-state index in [-0.39, 0.29) is 28.2 Å². The molecule has 0 unspecified atom stereocenters. The topological polar surface area (TPSA) is 65.4 Å². The number of anilines is 8. The lowest BCUT2D eigenvalue weighted by molar-refractivity contribution is -0.672. The Kier molecular flexibility index (Phi) is 11.8. The minimum Gasteiger partial charge on any atom is -0.536 e. The first-order valence-corrected chi connectivity index (χ1v) is 34.9. The average Bonchev–Trinajstić information content (AvgIpc) is 1.55. The lowest BCUT2D eigenvalue weighted by Gasteiger charge is -2.29. The van der Waals surface area contributed by atoms with E-state index in [1.54, 1.807) is 0 Å². The van der Waals surface area contributed by atoms with Gasteiger partial charge in [0.15, 0.2) is 51.0 Å². The molecule has 0 bridgehead atoms. The maximum absolute atomic E-state index is 6.42. The van der Waals surface area contributed by atoms with Crippen LogP contribution in [0.5, 0.6) is 23.0 Å². The Hall–Kier alpha value is -11.0. The summed E-state index contributed by atoms with van der Waals surface area (Å²) < 4.78 is 35.1. The van der Waals surface area contributed by atoms with Gasteiger partial charge >= 0.3 is 28.2 Å². The molecule has 12 nitrogen and oxygen atoms in total. The summed E-state index contributed by atoms with van der Waals surface area (Å²) >= 11 is 0. The third-order valence-electron chi connectivity index (χ3n) is 22.2. The normalized spacial score (nSPS) is 15.2. The first kappa shape index (κ1) is 56.2. The molecule has 0 saturated carbocycles. The molecule has 16 heteroatoms. The SMILES string of the molecule is CC(C)c1cc2c3[n+](c1)Cc1cccc(c1-3)N1B2Oc2ccccc21.CC(C)c1cc2c3c(c1)N1B(Oc4ccccc41)c1ccc[n+](c1-3)C2.CC(C)c1ccc2c(c1)N1B(O2)c2ccc[n+]3c2-c2c(cccc21)C3.Cc1cc2c3[n+](c1)Cc1cccc(c1-3)N1B2Oc2ccccc21. The predicted octanol–water partition coefficient (Wildman–Crippen LogP) is 12.6. The van der Waals surface area contributed by atoms with E-state index in [4.69, 9.17) is 18.6 Å². The van der Waals surface area contributed by atoms with Crippen molar-refractivity contribution in [1.82, 2.24) is 0 Å². The lowest BCUT2D eigenvalue weighted by atomic mass is 9.65. The number of rotatable bonds is 3. The lowest BCUT2D eigenvalue weighted by Crippen LogP contribution is -2.54. The van der Waals surface area contributed by atoms with Gasteiger partial charge in [0.25, 0.3) is 0 Å². The molecule has 0 aliphatic carbocycles. The monoisotopic (exact) mass is 1270 g/mol. The zero-order chi connectivity index (χ0) is 65.2. The fourth-order valence-corrected chi connectivity index (χ4v) is 17.8. The van der Waals surface area contributed by atoms with Gasteiger partial charge in [0.2, 0.25) is 22.8 Å². The second kappa shape index (κ2) is 20.5. The molecule has 12 aliphatic heterocycles. The van der Waals surface area contributed by atoms with E-state index < -0.39 is 0 Å². The highest BCUT2D eigenvalue weighted by Crippen LogP contribution is 2.54. The molecule has 0 spiro atoms. The Balaban J connectivity index is 0.0000000862. The van der Waals surface area contributed by atoms with Crippen molar-refractivity contribution in [3.8, 4) is 68.0 Å². The highest BCUT2D eigenvalue weighted by molar-refractivity contribution is 6.79. The van der Waals surface area contributed by atoms with Crippen molar-refractivity contribution >= 4 is 95.6 Å². The second-order valence-electron chi connectivity index (χ2n) is 29.0. The summed E-state index contributed by atoms with van der Waals surface area (Å²) in [6.07, 6.45) is 8.94. The van der Waals surface area contributed by atoms with Crippen molar-refractivity contribution in [2.45, 2.75) is 92.4 Å². The van der Waals surface area contributed by atoms with Crippen molar-refractivity contribution in [2.24, 2.45) is 0 Å². The summed E-state index contributed by atoms with van der Waals surface area (Å²) in [6, 6.07) is 69.8. The van der Waals surface area contributed by atoms with Gasteiger partial charge in [-0.1, -0.05) is 120 Å². The maximum atomic E-state index is 6.42. The summed E-state index contributed by atoms with van der Waals surface area (Å²) in [7, 11) is -0.269. The number of hydrogen-bond acceptors (Lipinski definition) is 8. The first-order valence-electron chi connectivity index (χ1n) is 34.9. The van der Waals surface area contributed by atoms with Crippen LogP contribution in [0.3, 0.4) is 0 Å². The van der Waals surface area contributed by atoms with Crippen molar-refractivity contribution < 1.29 is 36.9 Å². The van der Waals surface area contributed by atoms with Crippen LogP contribution in [0.2, 0.25) is 0 Å². The van der Waals surface area contributed by atoms with Gasteiger partial charge in [-0.15, -0.1) is 0 Å². The van der Waals surface area contributed by atoms with E-state index in [9.17, 15) is 0 Å². The number of aryl methyl sites for hydroxylation is 1. The molecule has 0 saturated heterocycles. The molecule has 4 aromatic heterocycles. The van der Waals surface area contributed by atoms with Gasteiger partial charge in [0, 0.05) is 68.3 Å². The number of aromatic nitrogens is 4. The number of benzene rings is 8. The van der Waals surface area contributed by atoms with Crippen molar-refractivity contribution in [3.63, 3.8) is 0 Å². The summed E-state index contributed by atoms with van der Waals surface area (Å²) in [5.74, 6) is 5.40. The van der Waals surface area contributed by atoms with Gasteiger partial charge in [-0.2, -0.15) is 18.3 Å². The van der Waals surface area contributed by atoms with Crippen LogP contribution in [-0.2, 0) is 26.2 Å². The molecule has 0 radical (unpaired) electrons. The minimum absolute atomic E-state index is 0.0607. The Morgan fingerprint density at radius 1 is 0.306 bits per heavy atom. The fourth-order valence-electron chi connectivity index (χ4n) is 17.8. The Labute approximate surface area is 572 Å². The van der Waals surface area contributed by atoms with Gasteiger partial charge in [-0.05, 0) is 139 Å². The van der Waals surface area contributed by atoms with Gasteiger partial charge in [0.05, 0.1) is 66.9 Å². The van der Waals surface area contributed by atoms with Crippen LogP contribution in [0.25, 0.3) is 45.0 Å². The Bertz CT molecular complexity index is 5550. The molecule has 0 fully saturated rings. The number of pyridine rings is 4. The molecule has 16 heterocycles. The van der Waals surface area contributed by atoms with E-state index in [1.807, 2.05) is 18.2 Å². The van der Waals surface area contributed by atoms with E-state index in [0.717, 1.165) is 54.9 Å². The van der Waals surface area contributed by atoms with Crippen LogP contribution in [0.4, 0.5) is 45.5 Å². The molecule has 0 amide bonds. The molecule has 98 heavy (non-hydrogen) atoms. The van der Waals surface area contributed by atoms with Crippen LogP contribution in [0.15, 0.2) is 219 Å². The third-order valence-corrected chi connectivity index (χ3v) is 22.2. The molecule has 0 atom stereocenters. The summed E-state index contributed by atoms with van der Waals surface area (Å²) in [6.45, 7) is 19.5. The van der Waals surface area contributed by atoms with Crippen molar-refractivity contribution in [3.05, 3.63) is 263 Å². The highest BCUT2D eigenvalue weighted by Gasteiger charge is 2.56. The maximum Gasteiger partial charge on any atom is 0.531 e. The largest absolute Gasteiger partial charge is 0.536 e.